The van der Waals surface area contributed by atoms with Crippen molar-refractivity contribution in [3.05, 3.63) is 30.1 Å². The Labute approximate surface area is 142 Å². The van der Waals surface area contributed by atoms with E-state index >= 15 is 0 Å². The van der Waals surface area contributed by atoms with E-state index in [0.717, 1.165) is 49.1 Å². The molecule has 1 aliphatic heterocycles. The summed E-state index contributed by atoms with van der Waals surface area (Å²) in [5.41, 5.74) is 1.79. The van der Waals surface area contributed by atoms with Crippen molar-refractivity contribution in [2.24, 2.45) is 13.0 Å². The molecule has 1 saturated heterocycles. The molecule has 5 nitrogen and oxygen atoms in total. The first-order valence-corrected chi connectivity index (χ1v) is 9.18. The molecule has 3 aliphatic rings. The lowest BCUT2D eigenvalue weighted by atomic mass is 9.98. The summed E-state index contributed by atoms with van der Waals surface area (Å²) < 4.78 is 2.15. The van der Waals surface area contributed by atoms with E-state index in [1.165, 1.54) is 12.8 Å². The molecule has 2 heterocycles. The van der Waals surface area contributed by atoms with Gasteiger partial charge in [0.25, 0.3) is 0 Å². The molecule has 126 valence electrons. The molecular formula is C19H24N4O. The first kappa shape index (κ1) is 14.5. The minimum absolute atomic E-state index is 0.0893. The maximum absolute atomic E-state index is 13.2. The lowest BCUT2D eigenvalue weighted by molar-refractivity contribution is -0.133. The van der Waals surface area contributed by atoms with Crippen molar-refractivity contribution in [2.45, 2.75) is 50.2 Å². The van der Waals surface area contributed by atoms with Gasteiger partial charge in [-0.3, -0.25) is 10.1 Å². The van der Waals surface area contributed by atoms with Crippen LogP contribution in [-0.4, -0.2) is 32.4 Å². The zero-order chi connectivity index (χ0) is 16.3. The van der Waals surface area contributed by atoms with E-state index in [-0.39, 0.29) is 11.7 Å². The third-order valence-electron chi connectivity index (χ3n) is 6.07. The predicted molar refractivity (Wildman–Crippen MR) is 92.2 cm³/mol. The van der Waals surface area contributed by atoms with Crippen LogP contribution < -0.4 is 5.32 Å². The minimum atomic E-state index is -0.336. The van der Waals surface area contributed by atoms with Gasteiger partial charge in [0.05, 0.1) is 16.6 Å². The Kier molecular flexibility index (Phi) is 3.05. The summed E-state index contributed by atoms with van der Waals surface area (Å²) in [6, 6.07) is 8.21. The van der Waals surface area contributed by atoms with Gasteiger partial charge < -0.3 is 9.47 Å². The Balaban J connectivity index is 1.58. The van der Waals surface area contributed by atoms with Crippen molar-refractivity contribution < 1.29 is 4.79 Å². The van der Waals surface area contributed by atoms with Crippen LogP contribution in [0.4, 0.5) is 0 Å². The first-order valence-electron chi connectivity index (χ1n) is 9.18. The molecule has 1 spiro atoms. The van der Waals surface area contributed by atoms with Gasteiger partial charge in [-0.05, 0) is 43.7 Å². The Bertz CT molecular complexity index is 801. The maximum Gasteiger partial charge on any atom is 0.244 e. The SMILES string of the molecule is Cn1c(C2NC3(CCCC3)C(=O)N2CC2CC2)nc2ccccc21. The summed E-state index contributed by atoms with van der Waals surface area (Å²) in [6.45, 7) is 0.876. The average molecular weight is 324 g/mol. The largest absolute Gasteiger partial charge is 0.328 e. The topological polar surface area (TPSA) is 50.2 Å². The molecule has 1 atom stereocenters. The highest BCUT2D eigenvalue weighted by atomic mass is 16.2. The van der Waals surface area contributed by atoms with Gasteiger partial charge in [0.2, 0.25) is 5.91 Å². The van der Waals surface area contributed by atoms with Crippen LogP contribution in [0.1, 0.15) is 50.5 Å². The standard InChI is InChI=1S/C19H24N4O/c1-22-15-7-3-2-6-14(15)20-16(22)17-21-19(10-4-5-11-19)18(24)23(17)12-13-8-9-13/h2-3,6-7,13,17,21H,4-5,8-12H2,1H3. The monoisotopic (exact) mass is 324 g/mol. The van der Waals surface area contributed by atoms with Gasteiger partial charge in [-0.2, -0.15) is 0 Å². The molecule has 1 aromatic heterocycles. The first-order chi connectivity index (χ1) is 11.7. The van der Waals surface area contributed by atoms with E-state index in [2.05, 4.69) is 27.9 Å². The van der Waals surface area contributed by atoms with E-state index in [1.807, 2.05) is 18.2 Å². The van der Waals surface area contributed by atoms with Gasteiger partial charge in [-0.25, -0.2) is 4.98 Å². The number of rotatable bonds is 3. The lowest BCUT2D eigenvalue weighted by Crippen LogP contribution is -2.44. The van der Waals surface area contributed by atoms with Crippen LogP contribution in [0.3, 0.4) is 0 Å². The third kappa shape index (κ3) is 2.04. The molecule has 2 aromatic rings. The van der Waals surface area contributed by atoms with E-state index in [9.17, 15) is 4.79 Å². The highest BCUT2D eigenvalue weighted by Gasteiger charge is 2.54. The van der Waals surface area contributed by atoms with Crippen molar-refractivity contribution in [3.63, 3.8) is 0 Å². The van der Waals surface area contributed by atoms with Crippen LogP contribution in [0, 0.1) is 5.92 Å². The van der Waals surface area contributed by atoms with Gasteiger partial charge >= 0.3 is 0 Å². The summed E-state index contributed by atoms with van der Waals surface area (Å²) in [4.78, 5) is 20.2. The molecule has 0 radical (unpaired) electrons. The van der Waals surface area contributed by atoms with Crippen molar-refractivity contribution in [2.75, 3.05) is 6.54 Å². The van der Waals surface area contributed by atoms with E-state index in [0.29, 0.717) is 11.8 Å². The quantitative estimate of drug-likeness (QED) is 0.944. The molecule has 5 heteroatoms. The fourth-order valence-electron chi connectivity index (χ4n) is 4.51. The molecular weight excluding hydrogens is 300 g/mol. The van der Waals surface area contributed by atoms with Gasteiger partial charge in [-0.1, -0.05) is 25.0 Å². The van der Waals surface area contributed by atoms with Crippen molar-refractivity contribution >= 4 is 16.9 Å². The molecule has 0 bridgehead atoms. The highest BCUT2D eigenvalue weighted by molar-refractivity contribution is 5.89. The fourth-order valence-corrected chi connectivity index (χ4v) is 4.51. The van der Waals surface area contributed by atoms with Gasteiger partial charge in [0.1, 0.15) is 12.0 Å². The van der Waals surface area contributed by atoms with E-state index in [4.69, 9.17) is 4.98 Å². The number of hydrogen-bond acceptors (Lipinski definition) is 3. The van der Waals surface area contributed by atoms with E-state index in [1.54, 1.807) is 0 Å². The van der Waals surface area contributed by atoms with Gasteiger partial charge in [0, 0.05) is 13.6 Å². The fraction of sp³-hybridized carbons (Fsp3) is 0.579. The summed E-state index contributed by atoms with van der Waals surface area (Å²) in [6.07, 6.45) is 6.64. The summed E-state index contributed by atoms with van der Waals surface area (Å²) in [5, 5.41) is 3.71. The lowest BCUT2D eigenvalue weighted by Gasteiger charge is -2.23. The Morgan fingerprint density at radius 2 is 2.00 bits per heavy atom. The van der Waals surface area contributed by atoms with E-state index < -0.39 is 0 Å². The van der Waals surface area contributed by atoms with Gasteiger partial charge in [0.15, 0.2) is 0 Å². The predicted octanol–water partition coefficient (Wildman–Crippen LogP) is 2.73. The van der Waals surface area contributed by atoms with Crippen molar-refractivity contribution in [1.29, 1.82) is 0 Å². The van der Waals surface area contributed by atoms with Gasteiger partial charge in [-0.15, -0.1) is 0 Å². The van der Waals surface area contributed by atoms with Crippen LogP contribution >= 0.6 is 0 Å². The van der Waals surface area contributed by atoms with Crippen LogP contribution in [0.15, 0.2) is 24.3 Å². The van der Waals surface area contributed by atoms with Crippen molar-refractivity contribution in [1.82, 2.24) is 19.8 Å². The molecule has 2 saturated carbocycles. The molecule has 1 amide bonds. The molecule has 3 fully saturated rings. The normalized spacial score (nSPS) is 26.1. The minimum Gasteiger partial charge on any atom is -0.328 e. The summed E-state index contributed by atoms with van der Waals surface area (Å²) >= 11 is 0. The Morgan fingerprint density at radius 3 is 2.71 bits per heavy atom. The average Bonchev–Trinajstić information content (AvgIpc) is 3.09. The molecule has 1 N–H and O–H groups in total. The molecule has 1 aromatic carbocycles. The number of amides is 1. The number of para-hydroxylation sites is 2. The number of nitrogens with zero attached hydrogens (tertiary/aromatic N) is 3. The molecule has 24 heavy (non-hydrogen) atoms. The summed E-state index contributed by atoms with van der Waals surface area (Å²) in [5.74, 6) is 1.96. The van der Waals surface area contributed by atoms with Crippen LogP contribution in [0.5, 0.6) is 0 Å². The number of nitrogens with one attached hydrogen (secondary N) is 1. The summed E-state index contributed by atoms with van der Waals surface area (Å²) in [7, 11) is 2.06. The number of aromatic nitrogens is 2. The molecule has 5 rings (SSSR count). The second-order valence-electron chi connectivity index (χ2n) is 7.75. The number of imidazole rings is 1. The number of aryl methyl sites for hydroxylation is 1. The Hall–Kier alpha value is -1.88. The van der Waals surface area contributed by atoms with Crippen LogP contribution in [-0.2, 0) is 11.8 Å². The zero-order valence-electron chi connectivity index (χ0n) is 14.2. The number of carbonyl (C=O) groups is 1. The van der Waals surface area contributed by atoms with Crippen LogP contribution in [0.2, 0.25) is 0 Å². The second-order valence-corrected chi connectivity index (χ2v) is 7.75. The Morgan fingerprint density at radius 1 is 1.25 bits per heavy atom. The molecule has 1 unspecified atom stereocenters. The highest BCUT2D eigenvalue weighted by Crippen LogP contribution is 2.43. The zero-order valence-corrected chi connectivity index (χ0v) is 14.2. The smallest absolute Gasteiger partial charge is 0.244 e. The number of fused-ring (bicyclic) bond motifs is 1. The molecule has 2 aliphatic carbocycles. The number of hydrogen-bond donors (Lipinski definition) is 1. The third-order valence-corrected chi connectivity index (χ3v) is 6.07. The second kappa shape index (κ2) is 5.06. The maximum atomic E-state index is 13.2. The number of carbonyl (C=O) groups excluding carboxylic acids is 1. The van der Waals surface area contributed by atoms with Crippen molar-refractivity contribution in [3.8, 4) is 0 Å². The van der Waals surface area contributed by atoms with Crippen LogP contribution in [0.25, 0.3) is 11.0 Å². The number of benzene rings is 1.